The molecule has 0 radical (unpaired) electrons. The highest BCUT2D eigenvalue weighted by molar-refractivity contribution is 5.80. The molecule has 2 heteroatoms. The van der Waals surface area contributed by atoms with Crippen molar-refractivity contribution in [3.05, 3.63) is 35.4 Å². The quantitative estimate of drug-likeness (QED) is 0.823. The number of rotatable bonds is 6. The van der Waals surface area contributed by atoms with Crippen molar-refractivity contribution >= 4 is 5.97 Å². The summed E-state index contributed by atoms with van der Waals surface area (Å²) >= 11 is 0. The maximum Gasteiger partial charge on any atom is 0.310 e. The maximum absolute atomic E-state index is 11.6. The minimum Gasteiger partial charge on any atom is -0.481 e. The smallest absolute Gasteiger partial charge is 0.310 e. The Balaban J connectivity index is 2.23. The van der Waals surface area contributed by atoms with Crippen LogP contribution in [0.15, 0.2) is 24.3 Å². The normalized spacial score (nSPS) is 26.0. The molecule has 2 unspecified atom stereocenters. The fourth-order valence-electron chi connectivity index (χ4n) is 3.02. The molecule has 1 aromatic rings. The third kappa shape index (κ3) is 2.16. The third-order valence-electron chi connectivity index (χ3n) is 4.29. The van der Waals surface area contributed by atoms with Crippen LogP contribution in [0.2, 0.25) is 0 Å². The Kier molecular flexibility index (Phi) is 3.74. The number of benzene rings is 1. The van der Waals surface area contributed by atoms with Crippen LogP contribution in [0, 0.1) is 5.41 Å². The van der Waals surface area contributed by atoms with E-state index in [1.54, 1.807) is 0 Å². The monoisotopic (exact) mass is 246 g/mol. The van der Waals surface area contributed by atoms with Gasteiger partial charge in [0.1, 0.15) is 0 Å². The lowest BCUT2D eigenvalue weighted by molar-refractivity contribution is -0.143. The number of aryl methyl sites for hydroxylation is 1. The number of carbonyl (C=O) groups is 1. The minimum absolute atomic E-state index is 0.234. The summed E-state index contributed by atoms with van der Waals surface area (Å²) in [4.78, 5) is 11.6. The molecule has 0 bridgehead atoms. The molecule has 0 amide bonds. The second-order valence-electron chi connectivity index (χ2n) is 5.37. The van der Waals surface area contributed by atoms with E-state index >= 15 is 0 Å². The Morgan fingerprint density at radius 2 is 2.11 bits per heavy atom. The average Bonchev–Trinajstić information content (AvgIpc) is 3.12. The first-order valence-corrected chi connectivity index (χ1v) is 6.97. The number of aliphatic carboxylic acids is 1. The highest BCUT2D eigenvalue weighted by Crippen LogP contribution is 2.62. The predicted octanol–water partition coefficient (Wildman–Crippen LogP) is 4.00. The molecule has 0 saturated heterocycles. The van der Waals surface area contributed by atoms with E-state index in [1.165, 1.54) is 11.1 Å². The number of hydrogen-bond donors (Lipinski definition) is 1. The molecule has 1 aromatic carbocycles. The van der Waals surface area contributed by atoms with Gasteiger partial charge in [-0.3, -0.25) is 4.79 Å². The Hall–Kier alpha value is -1.31. The van der Waals surface area contributed by atoms with Crippen molar-refractivity contribution in [1.29, 1.82) is 0 Å². The number of carboxylic acids is 1. The highest BCUT2D eigenvalue weighted by atomic mass is 16.4. The first-order valence-electron chi connectivity index (χ1n) is 6.97. The molecule has 98 valence electrons. The fourth-order valence-corrected chi connectivity index (χ4v) is 3.02. The maximum atomic E-state index is 11.6. The van der Waals surface area contributed by atoms with Gasteiger partial charge in [0, 0.05) is 5.92 Å². The molecule has 18 heavy (non-hydrogen) atoms. The summed E-state index contributed by atoms with van der Waals surface area (Å²) in [5.41, 5.74) is 2.10. The number of carboxylic acid groups (broad SMARTS) is 1. The van der Waals surface area contributed by atoms with Gasteiger partial charge in [-0.1, -0.05) is 51.0 Å². The molecule has 1 fully saturated rings. The van der Waals surface area contributed by atoms with E-state index in [4.69, 9.17) is 0 Å². The fraction of sp³-hybridized carbons (Fsp3) is 0.562. The van der Waals surface area contributed by atoms with Crippen molar-refractivity contribution in [1.82, 2.24) is 0 Å². The molecule has 0 aromatic heterocycles. The summed E-state index contributed by atoms with van der Waals surface area (Å²) in [6.07, 6.45) is 4.70. The second-order valence-corrected chi connectivity index (χ2v) is 5.37. The summed E-state index contributed by atoms with van der Waals surface area (Å²) in [5, 5.41) is 9.53. The van der Waals surface area contributed by atoms with Crippen LogP contribution < -0.4 is 0 Å². The van der Waals surface area contributed by atoms with Gasteiger partial charge in [0.25, 0.3) is 0 Å². The summed E-state index contributed by atoms with van der Waals surface area (Å²) in [5.74, 6) is -0.371. The van der Waals surface area contributed by atoms with Gasteiger partial charge in [-0.15, -0.1) is 0 Å². The lowest BCUT2D eigenvalue weighted by atomic mass is 9.91. The molecule has 1 N–H and O–H groups in total. The summed E-state index contributed by atoms with van der Waals surface area (Å²) in [6.45, 7) is 4.25. The predicted molar refractivity (Wildman–Crippen MR) is 72.8 cm³/mol. The molecule has 1 aliphatic carbocycles. The van der Waals surface area contributed by atoms with Gasteiger partial charge >= 0.3 is 5.97 Å². The van der Waals surface area contributed by atoms with Gasteiger partial charge in [0.05, 0.1) is 5.41 Å². The van der Waals surface area contributed by atoms with Crippen LogP contribution in [0.1, 0.15) is 56.6 Å². The van der Waals surface area contributed by atoms with Gasteiger partial charge in [-0.25, -0.2) is 0 Å². The van der Waals surface area contributed by atoms with E-state index in [0.29, 0.717) is 0 Å². The van der Waals surface area contributed by atoms with Crippen molar-refractivity contribution < 1.29 is 9.90 Å². The summed E-state index contributed by atoms with van der Waals surface area (Å²) in [7, 11) is 0. The van der Waals surface area contributed by atoms with E-state index in [1.807, 2.05) is 12.1 Å². The van der Waals surface area contributed by atoms with Gasteiger partial charge in [0.15, 0.2) is 0 Å². The standard InChI is InChI=1S/C16H22O2/c1-3-5-10-16(15(17)18)11-14(16)13-9-7-6-8-12(13)4-2/h6-9,14H,3-5,10-11H2,1-2H3,(H,17,18). The van der Waals surface area contributed by atoms with Crippen LogP contribution in [-0.4, -0.2) is 11.1 Å². The Labute approximate surface area is 109 Å². The molecule has 1 saturated carbocycles. The zero-order valence-corrected chi connectivity index (χ0v) is 11.3. The second kappa shape index (κ2) is 5.13. The Morgan fingerprint density at radius 3 is 2.72 bits per heavy atom. The molecular formula is C16H22O2. The van der Waals surface area contributed by atoms with Crippen LogP contribution >= 0.6 is 0 Å². The van der Waals surface area contributed by atoms with E-state index < -0.39 is 11.4 Å². The van der Waals surface area contributed by atoms with Crippen LogP contribution in [0.25, 0.3) is 0 Å². The van der Waals surface area contributed by atoms with Crippen LogP contribution in [-0.2, 0) is 11.2 Å². The third-order valence-corrected chi connectivity index (χ3v) is 4.29. The van der Waals surface area contributed by atoms with Gasteiger partial charge in [-0.2, -0.15) is 0 Å². The van der Waals surface area contributed by atoms with Gasteiger partial charge in [-0.05, 0) is 30.4 Å². The topological polar surface area (TPSA) is 37.3 Å². The first-order chi connectivity index (χ1) is 8.65. The summed E-state index contributed by atoms with van der Waals surface area (Å²) in [6, 6.07) is 8.30. The van der Waals surface area contributed by atoms with Crippen LogP contribution in [0.4, 0.5) is 0 Å². The number of hydrogen-bond acceptors (Lipinski definition) is 1. The van der Waals surface area contributed by atoms with Crippen LogP contribution in [0.5, 0.6) is 0 Å². The van der Waals surface area contributed by atoms with E-state index in [-0.39, 0.29) is 5.92 Å². The SMILES string of the molecule is CCCCC1(C(=O)O)CC1c1ccccc1CC. The molecular weight excluding hydrogens is 224 g/mol. The van der Waals surface area contributed by atoms with E-state index in [9.17, 15) is 9.90 Å². The largest absolute Gasteiger partial charge is 0.481 e. The van der Waals surface area contributed by atoms with Crippen molar-refractivity contribution in [2.24, 2.45) is 5.41 Å². The van der Waals surface area contributed by atoms with Gasteiger partial charge < -0.3 is 5.11 Å². The molecule has 0 heterocycles. The molecule has 2 rings (SSSR count). The zero-order valence-electron chi connectivity index (χ0n) is 11.3. The van der Waals surface area contributed by atoms with Crippen LogP contribution in [0.3, 0.4) is 0 Å². The average molecular weight is 246 g/mol. The van der Waals surface area contributed by atoms with Crippen molar-refractivity contribution in [3.63, 3.8) is 0 Å². The number of unbranched alkanes of at least 4 members (excludes halogenated alkanes) is 1. The molecule has 1 aliphatic rings. The Bertz CT molecular complexity index is 438. The minimum atomic E-state index is -0.605. The summed E-state index contributed by atoms with van der Waals surface area (Å²) < 4.78 is 0. The lowest BCUT2D eigenvalue weighted by Crippen LogP contribution is -2.17. The van der Waals surface area contributed by atoms with Crippen molar-refractivity contribution in [2.45, 2.75) is 51.9 Å². The molecule has 2 nitrogen and oxygen atoms in total. The lowest BCUT2D eigenvalue weighted by Gasteiger charge is -2.14. The van der Waals surface area contributed by atoms with Crippen molar-refractivity contribution in [2.75, 3.05) is 0 Å². The molecule has 2 atom stereocenters. The molecule has 0 spiro atoms. The first kappa shape index (κ1) is 13.1. The highest BCUT2D eigenvalue weighted by Gasteiger charge is 2.60. The van der Waals surface area contributed by atoms with Crippen molar-refractivity contribution in [3.8, 4) is 0 Å². The molecule has 0 aliphatic heterocycles. The van der Waals surface area contributed by atoms with E-state index in [2.05, 4.69) is 26.0 Å². The van der Waals surface area contributed by atoms with E-state index in [0.717, 1.165) is 32.1 Å². The Morgan fingerprint density at radius 1 is 1.39 bits per heavy atom. The van der Waals surface area contributed by atoms with Gasteiger partial charge in [0.2, 0.25) is 0 Å². The zero-order chi connectivity index (χ0) is 13.2.